The predicted molar refractivity (Wildman–Crippen MR) is 114 cm³/mol. The first-order valence-corrected chi connectivity index (χ1v) is 11.3. The van der Waals surface area contributed by atoms with Crippen LogP contribution in [0.15, 0.2) is 66.7 Å². The van der Waals surface area contributed by atoms with E-state index in [4.69, 9.17) is 4.74 Å². The Labute approximate surface area is 161 Å². The number of benzene rings is 3. The van der Waals surface area contributed by atoms with Gasteiger partial charge < -0.3 is 9.30 Å². The first-order valence-electron chi connectivity index (χ1n) is 9.54. The molecule has 0 bridgehead atoms. The SMILES string of the molecule is CC(C)c1ccc2c(c1-c1ccccc1)P(=O)(C(C)C)c1ccccc1O2. The molecular formula is C24H25O2P. The predicted octanol–water partition coefficient (Wildman–Crippen LogP) is 6.31. The van der Waals surface area contributed by atoms with Crippen molar-refractivity contribution in [2.24, 2.45) is 0 Å². The van der Waals surface area contributed by atoms with E-state index >= 15 is 0 Å². The number of ether oxygens (including phenoxy) is 1. The van der Waals surface area contributed by atoms with Gasteiger partial charge in [0.15, 0.2) is 7.14 Å². The third-order valence-electron chi connectivity index (χ3n) is 5.36. The molecule has 27 heavy (non-hydrogen) atoms. The lowest BCUT2D eigenvalue weighted by Gasteiger charge is -2.34. The fourth-order valence-electron chi connectivity index (χ4n) is 3.98. The van der Waals surface area contributed by atoms with E-state index in [2.05, 4.69) is 45.9 Å². The largest absolute Gasteiger partial charge is 0.456 e. The molecule has 1 aliphatic heterocycles. The molecule has 0 saturated carbocycles. The third-order valence-corrected chi connectivity index (χ3v) is 9.01. The Morgan fingerprint density at radius 1 is 0.778 bits per heavy atom. The van der Waals surface area contributed by atoms with Crippen molar-refractivity contribution in [2.75, 3.05) is 0 Å². The highest BCUT2D eigenvalue weighted by Crippen LogP contribution is 2.58. The van der Waals surface area contributed by atoms with E-state index in [9.17, 15) is 4.57 Å². The smallest absolute Gasteiger partial charge is 0.153 e. The van der Waals surface area contributed by atoms with Crippen LogP contribution >= 0.6 is 7.14 Å². The van der Waals surface area contributed by atoms with E-state index in [1.807, 2.05) is 48.5 Å². The summed E-state index contributed by atoms with van der Waals surface area (Å²) in [6.07, 6.45) is 0. The molecule has 1 heterocycles. The number of hydrogen-bond acceptors (Lipinski definition) is 2. The molecule has 1 aliphatic rings. The van der Waals surface area contributed by atoms with Crippen LogP contribution in [0.2, 0.25) is 0 Å². The van der Waals surface area contributed by atoms with Gasteiger partial charge in [-0.25, -0.2) is 0 Å². The molecule has 3 aromatic carbocycles. The van der Waals surface area contributed by atoms with E-state index in [1.165, 1.54) is 5.56 Å². The van der Waals surface area contributed by atoms with Crippen LogP contribution in [0.5, 0.6) is 11.5 Å². The summed E-state index contributed by atoms with van der Waals surface area (Å²) in [5, 5.41) is 1.72. The molecule has 3 aromatic rings. The zero-order valence-corrected chi connectivity index (χ0v) is 17.2. The average molecular weight is 376 g/mol. The maximum absolute atomic E-state index is 14.7. The van der Waals surface area contributed by atoms with E-state index < -0.39 is 7.14 Å². The Balaban J connectivity index is 2.13. The van der Waals surface area contributed by atoms with Crippen LogP contribution in [0.25, 0.3) is 11.1 Å². The number of hydrogen-bond donors (Lipinski definition) is 0. The monoisotopic (exact) mass is 376 g/mol. The Hall–Kier alpha value is -2.31. The van der Waals surface area contributed by atoms with Gasteiger partial charge in [-0.2, -0.15) is 0 Å². The van der Waals surface area contributed by atoms with Gasteiger partial charge in [-0.1, -0.05) is 76.2 Å². The minimum absolute atomic E-state index is 0.00817. The van der Waals surface area contributed by atoms with Crippen molar-refractivity contribution in [1.82, 2.24) is 0 Å². The van der Waals surface area contributed by atoms with Gasteiger partial charge >= 0.3 is 0 Å². The maximum Gasteiger partial charge on any atom is 0.153 e. The van der Waals surface area contributed by atoms with E-state index in [0.717, 1.165) is 33.2 Å². The molecule has 0 N–H and O–H groups in total. The second-order valence-electron chi connectivity index (χ2n) is 7.72. The zero-order valence-electron chi connectivity index (χ0n) is 16.3. The van der Waals surface area contributed by atoms with Gasteiger partial charge in [0.25, 0.3) is 0 Å². The molecular weight excluding hydrogens is 351 g/mol. The summed E-state index contributed by atoms with van der Waals surface area (Å²) in [5.74, 6) is 1.77. The molecule has 138 valence electrons. The van der Waals surface area contributed by atoms with Crippen molar-refractivity contribution >= 4 is 17.8 Å². The summed E-state index contributed by atoms with van der Waals surface area (Å²) in [5.41, 5.74) is 3.38. The van der Waals surface area contributed by atoms with Crippen molar-refractivity contribution in [2.45, 2.75) is 39.3 Å². The van der Waals surface area contributed by atoms with Gasteiger partial charge in [-0.15, -0.1) is 0 Å². The Bertz CT molecular complexity index is 1040. The topological polar surface area (TPSA) is 26.3 Å². The Kier molecular flexibility index (Phi) is 4.48. The summed E-state index contributed by atoms with van der Waals surface area (Å²) in [7, 11) is -2.86. The highest BCUT2D eigenvalue weighted by Gasteiger charge is 2.42. The summed E-state index contributed by atoms with van der Waals surface area (Å²) in [6, 6.07) is 22.2. The highest BCUT2D eigenvalue weighted by molar-refractivity contribution is 7.80. The molecule has 0 amide bonds. The molecule has 2 nitrogen and oxygen atoms in total. The molecule has 0 spiro atoms. The molecule has 3 heteroatoms. The van der Waals surface area contributed by atoms with Gasteiger partial charge in [0.1, 0.15) is 11.5 Å². The van der Waals surface area contributed by atoms with Crippen LogP contribution < -0.4 is 15.3 Å². The molecule has 0 aromatic heterocycles. The molecule has 4 rings (SSSR count). The van der Waals surface area contributed by atoms with Gasteiger partial charge in [0, 0.05) is 5.66 Å². The maximum atomic E-state index is 14.7. The quantitative estimate of drug-likeness (QED) is 0.501. The van der Waals surface area contributed by atoms with E-state index in [1.54, 1.807) is 0 Å². The molecule has 0 aliphatic carbocycles. The first kappa shape index (κ1) is 18.1. The number of fused-ring (bicyclic) bond motifs is 2. The van der Waals surface area contributed by atoms with Crippen LogP contribution in [0.1, 0.15) is 39.2 Å². The van der Waals surface area contributed by atoms with Crippen molar-refractivity contribution in [1.29, 1.82) is 0 Å². The zero-order chi connectivity index (χ0) is 19.2. The lowest BCUT2D eigenvalue weighted by atomic mass is 9.92. The second kappa shape index (κ2) is 6.69. The van der Waals surface area contributed by atoms with Crippen molar-refractivity contribution in [3.63, 3.8) is 0 Å². The summed E-state index contributed by atoms with van der Waals surface area (Å²) >= 11 is 0. The second-order valence-corrected chi connectivity index (χ2v) is 11.0. The van der Waals surface area contributed by atoms with E-state index in [0.29, 0.717) is 5.92 Å². The van der Waals surface area contributed by atoms with Crippen LogP contribution in [0.3, 0.4) is 0 Å². The van der Waals surface area contributed by atoms with Crippen molar-refractivity contribution in [3.05, 3.63) is 72.3 Å². The lowest BCUT2D eigenvalue weighted by molar-refractivity contribution is 0.484. The van der Waals surface area contributed by atoms with Crippen LogP contribution in [0.4, 0.5) is 0 Å². The Morgan fingerprint density at radius 2 is 1.44 bits per heavy atom. The average Bonchev–Trinajstić information content (AvgIpc) is 2.67. The third kappa shape index (κ3) is 2.75. The minimum Gasteiger partial charge on any atom is -0.456 e. The molecule has 1 atom stereocenters. The van der Waals surface area contributed by atoms with Crippen molar-refractivity contribution < 1.29 is 9.30 Å². The Morgan fingerprint density at radius 3 is 2.11 bits per heavy atom. The summed E-state index contributed by atoms with van der Waals surface area (Å²) < 4.78 is 20.9. The first-order chi connectivity index (χ1) is 12.9. The standard InChI is InChI=1S/C24H25O2P/c1-16(2)19-14-15-21-24(23(19)18-10-6-5-7-11-18)27(25,17(3)4)22-13-9-8-12-20(22)26-21/h5-17H,1-4H3. The minimum atomic E-state index is -2.86. The number of rotatable bonds is 3. The molecule has 1 unspecified atom stereocenters. The molecule has 0 radical (unpaired) electrons. The fraction of sp³-hybridized carbons (Fsp3) is 0.250. The molecule has 0 fully saturated rings. The summed E-state index contributed by atoms with van der Waals surface area (Å²) in [4.78, 5) is 0. The van der Waals surface area contributed by atoms with Gasteiger partial charge in [0.2, 0.25) is 0 Å². The van der Waals surface area contributed by atoms with Crippen LogP contribution in [-0.4, -0.2) is 5.66 Å². The van der Waals surface area contributed by atoms with Crippen LogP contribution in [0, 0.1) is 0 Å². The van der Waals surface area contributed by atoms with Gasteiger partial charge in [0.05, 0.1) is 10.6 Å². The van der Waals surface area contributed by atoms with Crippen molar-refractivity contribution in [3.8, 4) is 22.6 Å². The number of para-hydroxylation sites is 1. The van der Waals surface area contributed by atoms with Gasteiger partial charge in [-0.05, 0) is 40.8 Å². The highest BCUT2D eigenvalue weighted by atomic mass is 31.2. The fourth-order valence-corrected chi connectivity index (χ4v) is 7.09. The van der Waals surface area contributed by atoms with Gasteiger partial charge in [-0.3, -0.25) is 0 Å². The van der Waals surface area contributed by atoms with Crippen LogP contribution in [-0.2, 0) is 4.57 Å². The summed E-state index contributed by atoms with van der Waals surface area (Å²) in [6.45, 7) is 8.49. The molecule has 0 saturated heterocycles. The normalized spacial score (nSPS) is 18.1. The van der Waals surface area contributed by atoms with E-state index in [-0.39, 0.29) is 5.66 Å². The lowest BCUT2D eigenvalue weighted by Crippen LogP contribution is -2.30.